The van der Waals surface area contributed by atoms with Gasteiger partial charge < -0.3 is 10.1 Å². The Kier molecular flexibility index (Phi) is 6.51. The number of nitrogens with zero attached hydrogens (tertiary/aromatic N) is 1. The maximum absolute atomic E-state index is 13.1. The molecule has 5 aromatic rings. The van der Waals surface area contributed by atoms with E-state index in [4.69, 9.17) is 21.9 Å². The molecule has 2 N–H and O–H groups in total. The average molecular weight is 563 g/mol. The van der Waals surface area contributed by atoms with Crippen molar-refractivity contribution in [1.82, 2.24) is 10.3 Å². The van der Waals surface area contributed by atoms with E-state index in [2.05, 4.69) is 32.6 Å². The number of aryl methyl sites for hydroxylation is 1. The summed E-state index contributed by atoms with van der Waals surface area (Å²) in [5.74, 6) is 0.101. The highest BCUT2D eigenvalue weighted by atomic mass is 79.9. The van der Waals surface area contributed by atoms with E-state index in [1.807, 2.05) is 67.6 Å². The summed E-state index contributed by atoms with van der Waals surface area (Å²) in [6.07, 6.45) is 0. The second-order valence-electron chi connectivity index (χ2n) is 7.92. The van der Waals surface area contributed by atoms with Crippen LogP contribution in [0.1, 0.15) is 15.9 Å². The Morgan fingerprint density at radius 2 is 1.83 bits per heavy atom. The van der Waals surface area contributed by atoms with Crippen LogP contribution in [0, 0.1) is 6.92 Å². The van der Waals surface area contributed by atoms with Crippen LogP contribution in [0.4, 0.5) is 5.69 Å². The molecule has 35 heavy (non-hydrogen) atoms. The molecule has 8 heteroatoms. The zero-order valence-electron chi connectivity index (χ0n) is 18.9. The number of benzene rings is 4. The molecule has 1 aromatic heterocycles. The molecule has 5 rings (SSSR count). The lowest BCUT2D eigenvalue weighted by Gasteiger charge is -2.15. The Morgan fingerprint density at radius 1 is 1.06 bits per heavy atom. The fraction of sp³-hybridized carbons (Fsp3) is 0.0741. The number of nitrogens with one attached hydrogen (secondary N) is 2. The number of hydrogen-bond acceptors (Lipinski definition) is 5. The van der Waals surface area contributed by atoms with Gasteiger partial charge in [0, 0.05) is 11.3 Å². The van der Waals surface area contributed by atoms with E-state index in [-0.39, 0.29) is 11.0 Å². The Labute approximate surface area is 220 Å². The summed E-state index contributed by atoms with van der Waals surface area (Å²) < 4.78 is 7.40. The second-order valence-corrected chi connectivity index (χ2v) is 10.1. The lowest BCUT2D eigenvalue weighted by Crippen LogP contribution is -2.34. The first kappa shape index (κ1) is 23.4. The largest absolute Gasteiger partial charge is 0.495 e. The molecule has 0 radical (unpaired) electrons. The highest BCUT2D eigenvalue weighted by molar-refractivity contribution is 9.10. The van der Waals surface area contributed by atoms with Crippen LogP contribution in [-0.2, 0) is 0 Å². The minimum absolute atomic E-state index is 0.200. The first-order chi connectivity index (χ1) is 16.9. The maximum Gasteiger partial charge on any atom is 0.261 e. The van der Waals surface area contributed by atoms with Crippen molar-refractivity contribution in [2.24, 2.45) is 0 Å². The molecule has 0 aliphatic carbocycles. The van der Waals surface area contributed by atoms with E-state index in [1.54, 1.807) is 24.5 Å². The third-order valence-electron chi connectivity index (χ3n) is 5.64. The van der Waals surface area contributed by atoms with Gasteiger partial charge in [0.15, 0.2) is 5.11 Å². The van der Waals surface area contributed by atoms with Gasteiger partial charge in [-0.25, -0.2) is 4.98 Å². The molecule has 174 valence electrons. The maximum atomic E-state index is 13.1. The van der Waals surface area contributed by atoms with Crippen LogP contribution in [0.3, 0.4) is 0 Å². The van der Waals surface area contributed by atoms with Gasteiger partial charge in [0.05, 0.1) is 27.4 Å². The third kappa shape index (κ3) is 4.65. The van der Waals surface area contributed by atoms with Gasteiger partial charge in [-0.15, -0.1) is 11.3 Å². The van der Waals surface area contributed by atoms with Crippen LogP contribution in [-0.4, -0.2) is 23.1 Å². The van der Waals surface area contributed by atoms with Crippen molar-refractivity contribution in [3.8, 4) is 16.3 Å². The summed E-state index contributed by atoms with van der Waals surface area (Å²) in [5, 5.41) is 8.96. The number of aromatic nitrogens is 1. The van der Waals surface area contributed by atoms with E-state index in [0.717, 1.165) is 47.3 Å². The number of carbonyl (C=O) groups is 1. The number of anilines is 1. The van der Waals surface area contributed by atoms with Crippen molar-refractivity contribution in [2.75, 3.05) is 12.4 Å². The predicted octanol–water partition coefficient (Wildman–Crippen LogP) is 7.32. The average Bonchev–Trinajstić information content (AvgIpc) is 3.29. The van der Waals surface area contributed by atoms with Gasteiger partial charge in [0.2, 0.25) is 0 Å². The number of ether oxygens (including phenoxy) is 1. The van der Waals surface area contributed by atoms with Gasteiger partial charge in [0.1, 0.15) is 10.8 Å². The molecular formula is C27H20BrN3O2S2. The standard InChI is InChI=1S/C27H20BrN3O2S2/c1-15-11-12-17(26-29-20-9-5-6-10-22(20)35-26)14-21(15)30-27(34)31-25(32)19-13-16-7-3-4-8-18(16)23(28)24(19)33-2/h3-14H,1-2H3,(H2,30,31,32,34). The zero-order chi connectivity index (χ0) is 24.5. The smallest absolute Gasteiger partial charge is 0.261 e. The Morgan fingerprint density at radius 3 is 2.63 bits per heavy atom. The van der Waals surface area contributed by atoms with E-state index in [9.17, 15) is 4.79 Å². The normalized spacial score (nSPS) is 10.9. The molecule has 0 atom stereocenters. The summed E-state index contributed by atoms with van der Waals surface area (Å²) >= 11 is 10.7. The number of thiocarbonyl (C=S) groups is 1. The minimum Gasteiger partial charge on any atom is -0.495 e. The number of para-hydroxylation sites is 1. The van der Waals surface area contributed by atoms with Crippen molar-refractivity contribution < 1.29 is 9.53 Å². The number of fused-ring (bicyclic) bond motifs is 2. The van der Waals surface area contributed by atoms with Crippen LogP contribution in [0.5, 0.6) is 5.75 Å². The number of amides is 1. The first-order valence-corrected chi connectivity index (χ1v) is 12.8. The molecule has 1 amide bonds. The SMILES string of the molecule is COc1c(C(=O)NC(=S)Nc2cc(-c3nc4ccccc4s3)ccc2C)cc2ccccc2c1Br. The summed E-state index contributed by atoms with van der Waals surface area (Å²) in [4.78, 5) is 17.9. The Bertz CT molecular complexity index is 1580. The fourth-order valence-corrected chi connectivity index (χ4v) is 5.76. The molecule has 0 unspecified atom stereocenters. The van der Waals surface area contributed by atoms with E-state index in [0.29, 0.717) is 11.3 Å². The molecule has 0 saturated carbocycles. The summed E-state index contributed by atoms with van der Waals surface area (Å²) in [6, 6.07) is 23.7. The third-order valence-corrected chi connectivity index (χ3v) is 7.72. The van der Waals surface area contributed by atoms with Gasteiger partial charge in [-0.1, -0.05) is 48.5 Å². The molecule has 4 aromatic carbocycles. The monoisotopic (exact) mass is 561 g/mol. The van der Waals surface area contributed by atoms with E-state index in [1.165, 1.54) is 0 Å². The number of rotatable bonds is 4. The number of thiazole rings is 1. The zero-order valence-corrected chi connectivity index (χ0v) is 22.1. The first-order valence-electron chi connectivity index (χ1n) is 10.8. The minimum atomic E-state index is -0.356. The molecule has 1 heterocycles. The van der Waals surface area contributed by atoms with Crippen molar-refractivity contribution in [3.05, 3.63) is 88.4 Å². The van der Waals surface area contributed by atoms with E-state index < -0.39 is 0 Å². The van der Waals surface area contributed by atoms with Crippen molar-refractivity contribution >= 4 is 77.2 Å². The van der Waals surface area contributed by atoms with Crippen LogP contribution in [0.2, 0.25) is 0 Å². The molecule has 0 aliphatic rings. The van der Waals surface area contributed by atoms with Crippen LogP contribution >= 0.6 is 39.5 Å². The summed E-state index contributed by atoms with van der Waals surface area (Å²) in [6.45, 7) is 1.98. The van der Waals surface area contributed by atoms with Gasteiger partial charge >= 0.3 is 0 Å². The molecular weight excluding hydrogens is 542 g/mol. The van der Waals surface area contributed by atoms with Crippen molar-refractivity contribution in [3.63, 3.8) is 0 Å². The number of methoxy groups -OCH3 is 1. The van der Waals surface area contributed by atoms with Crippen LogP contribution in [0.25, 0.3) is 31.6 Å². The predicted molar refractivity (Wildman–Crippen MR) is 152 cm³/mol. The van der Waals surface area contributed by atoms with Gasteiger partial charge in [0.25, 0.3) is 5.91 Å². The summed E-state index contributed by atoms with van der Waals surface area (Å²) in [7, 11) is 1.54. The molecule has 0 bridgehead atoms. The Balaban J connectivity index is 1.39. The number of hydrogen-bond donors (Lipinski definition) is 2. The lowest BCUT2D eigenvalue weighted by molar-refractivity contribution is 0.0975. The van der Waals surface area contributed by atoms with Gasteiger partial charge in [-0.3, -0.25) is 10.1 Å². The quantitative estimate of drug-likeness (QED) is 0.225. The van der Waals surface area contributed by atoms with Gasteiger partial charge in [-0.05, 0) is 75.7 Å². The van der Waals surface area contributed by atoms with Crippen molar-refractivity contribution in [2.45, 2.75) is 6.92 Å². The highest BCUT2D eigenvalue weighted by Gasteiger charge is 2.19. The topological polar surface area (TPSA) is 63.2 Å². The molecule has 0 fully saturated rings. The fourth-order valence-electron chi connectivity index (χ4n) is 3.86. The lowest BCUT2D eigenvalue weighted by atomic mass is 10.1. The second kappa shape index (κ2) is 9.73. The van der Waals surface area contributed by atoms with Crippen LogP contribution in [0.15, 0.2) is 77.3 Å². The van der Waals surface area contributed by atoms with Crippen molar-refractivity contribution in [1.29, 1.82) is 0 Å². The van der Waals surface area contributed by atoms with Gasteiger partial charge in [-0.2, -0.15) is 0 Å². The van der Waals surface area contributed by atoms with E-state index >= 15 is 0 Å². The highest BCUT2D eigenvalue weighted by Crippen LogP contribution is 2.37. The molecule has 0 aliphatic heterocycles. The number of halogens is 1. The molecule has 5 nitrogen and oxygen atoms in total. The number of carbonyl (C=O) groups excluding carboxylic acids is 1. The molecule has 0 saturated heterocycles. The summed E-state index contributed by atoms with van der Waals surface area (Å²) in [5.41, 5.74) is 4.15. The molecule has 0 spiro atoms. The van der Waals surface area contributed by atoms with Crippen LogP contribution < -0.4 is 15.4 Å². The Hall–Kier alpha value is -3.33.